The summed E-state index contributed by atoms with van der Waals surface area (Å²) < 4.78 is 17.5. The Bertz CT molecular complexity index is 2560. The van der Waals surface area contributed by atoms with Crippen molar-refractivity contribution in [1.29, 1.82) is 0 Å². The van der Waals surface area contributed by atoms with Crippen LogP contribution in [0, 0.1) is 24.7 Å². The molecule has 0 bridgehead atoms. The molecule has 0 radical (unpaired) electrons. The summed E-state index contributed by atoms with van der Waals surface area (Å²) in [4.78, 5) is 62.3. The van der Waals surface area contributed by atoms with Gasteiger partial charge in [-0.05, 0) is 145 Å². The number of carbonyl (C=O) groups is 3. The van der Waals surface area contributed by atoms with Crippen LogP contribution in [0.4, 0.5) is 4.79 Å². The van der Waals surface area contributed by atoms with Crippen LogP contribution in [0.3, 0.4) is 0 Å². The van der Waals surface area contributed by atoms with Crippen molar-refractivity contribution in [3.63, 3.8) is 0 Å². The standard InChI is InChI=1S/C23H30BrN3O4.C22H26N4O2S.C4H5NS.2CH4/c1-21(2,3)31-20(29)25-19-26-23(18(28)27(19)4)17-12-15(24)7-6-14(17)13-22(23)10-8-16(30-5)9-11-22;1-13-24-12-18(29-13)14-4-5-15-11-21(8-6-16(28-3)7-9-21)22(17(15)10-14)19(27)26(2)20(23)25-22;1-4-5-2-3-6-4;;/h6-7,12,16H,8-11,13H2,1-5H3,(H,25,26,29);4-5,10,12,16H,6-9,11H2,1-3H3,(H2,23,25);2-3H,1H3;2*1H4. The summed E-state index contributed by atoms with van der Waals surface area (Å²) in [6, 6.07) is 12.6. The summed E-state index contributed by atoms with van der Waals surface area (Å²) in [5.74, 6) is 0.448. The molecule has 2 unspecified atom stereocenters. The number of alkyl carbamates (subject to hydrolysis) is 1. The number of thiazole rings is 2. The van der Waals surface area contributed by atoms with Gasteiger partial charge in [-0.25, -0.2) is 19.8 Å². The zero-order chi connectivity index (χ0) is 47.4. The summed E-state index contributed by atoms with van der Waals surface area (Å²) in [7, 11) is 6.92. The van der Waals surface area contributed by atoms with E-state index < -0.39 is 22.8 Å². The second kappa shape index (κ2) is 20.1. The number of methoxy groups -OCH3 is 2. The summed E-state index contributed by atoms with van der Waals surface area (Å²) in [6.45, 7) is 9.39. The fourth-order valence-electron chi connectivity index (χ4n) is 11.3. The Kier molecular flexibility index (Phi) is 15.6. The van der Waals surface area contributed by atoms with Gasteiger partial charge in [0.2, 0.25) is 5.96 Å². The van der Waals surface area contributed by atoms with E-state index >= 15 is 0 Å². The molecule has 2 aromatic carbocycles. The Balaban J connectivity index is 0.000000194. The number of hydrogen-bond acceptors (Lipinski definition) is 13. The van der Waals surface area contributed by atoms with Gasteiger partial charge in [-0.1, -0.05) is 49.0 Å². The van der Waals surface area contributed by atoms with Crippen molar-refractivity contribution in [2.24, 2.45) is 26.5 Å². The van der Waals surface area contributed by atoms with Crippen LogP contribution in [-0.4, -0.2) is 95.7 Å². The lowest BCUT2D eigenvalue weighted by Crippen LogP contribution is -2.51. The number of nitrogens with zero attached hydrogens (tertiary/aromatic N) is 6. The minimum absolute atomic E-state index is 0. The molecular weight excluding hydrogens is 965 g/mol. The Labute approximate surface area is 418 Å². The molecule has 6 aliphatic rings. The lowest BCUT2D eigenvalue weighted by molar-refractivity contribution is -0.138. The van der Waals surface area contributed by atoms with E-state index in [0.29, 0.717) is 5.96 Å². The molecule has 14 nitrogen and oxygen atoms in total. The molecule has 2 saturated carbocycles. The number of carbonyl (C=O) groups excluding carboxylic acids is 3. The Morgan fingerprint density at radius 1 is 0.809 bits per heavy atom. The topological polar surface area (TPSA) is 174 Å². The molecule has 2 aliphatic heterocycles. The highest BCUT2D eigenvalue weighted by Crippen LogP contribution is 2.63. The van der Waals surface area contributed by atoms with Gasteiger partial charge in [0.15, 0.2) is 17.0 Å². The van der Waals surface area contributed by atoms with Crippen molar-refractivity contribution in [1.82, 2.24) is 25.1 Å². The zero-order valence-corrected chi connectivity index (χ0v) is 42.5. The maximum atomic E-state index is 13.9. The number of aromatic nitrogens is 2. The number of fused-ring (bicyclic) bond motifs is 6. The summed E-state index contributed by atoms with van der Waals surface area (Å²) in [6.07, 6.45) is 12.3. The van der Waals surface area contributed by atoms with Crippen molar-refractivity contribution in [2.45, 2.75) is 143 Å². The molecule has 68 heavy (non-hydrogen) atoms. The first-order valence-corrected chi connectivity index (χ1v) is 25.1. The molecule has 4 spiro atoms. The number of likely N-dealkylation sites (N-methyl/N-ethyl adjacent to an activating group) is 2. The maximum Gasteiger partial charge on any atom is 0.414 e. The van der Waals surface area contributed by atoms with Gasteiger partial charge in [0, 0.05) is 61.4 Å². The molecule has 3 N–H and O–H groups in total. The smallest absolute Gasteiger partial charge is 0.414 e. The molecule has 4 aliphatic carbocycles. The molecule has 10 rings (SSSR count). The van der Waals surface area contributed by atoms with Crippen molar-refractivity contribution >= 4 is 68.4 Å². The first-order valence-electron chi connectivity index (χ1n) is 22.6. The molecule has 4 aromatic rings. The number of nitrogens with two attached hydrogens (primary N) is 1. The Morgan fingerprint density at radius 2 is 1.35 bits per heavy atom. The van der Waals surface area contributed by atoms with E-state index in [4.69, 9.17) is 29.9 Å². The van der Waals surface area contributed by atoms with Gasteiger partial charge in [0.25, 0.3) is 11.8 Å². The largest absolute Gasteiger partial charge is 0.444 e. The number of hydrogen-bond donors (Lipinski definition) is 2. The van der Waals surface area contributed by atoms with Gasteiger partial charge < -0.3 is 19.9 Å². The van der Waals surface area contributed by atoms with Crippen molar-refractivity contribution in [3.05, 3.63) is 90.9 Å². The van der Waals surface area contributed by atoms with E-state index in [0.717, 1.165) is 106 Å². The van der Waals surface area contributed by atoms with Gasteiger partial charge in [-0.15, -0.1) is 22.7 Å². The number of benzene rings is 2. The second-order valence-electron chi connectivity index (χ2n) is 19.4. The molecule has 2 fully saturated rings. The number of guanidine groups is 2. The minimum Gasteiger partial charge on any atom is -0.444 e. The molecule has 368 valence electrons. The molecule has 2 aromatic heterocycles. The average Bonchev–Trinajstić information content (AvgIpc) is 4.13. The fourth-order valence-corrected chi connectivity index (χ4v) is 12.8. The van der Waals surface area contributed by atoms with Crippen molar-refractivity contribution in [3.8, 4) is 10.4 Å². The minimum atomic E-state index is -1.05. The first-order chi connectivity index (χ1) is 31.3. The van der Waals surface area contributed by atoms with Crippen LogP contribution >= 0.6 is 38.6 Å². The third kappa shape index (κ3) is 9.17. The van der Waals surface area contributed by atoms with Crippen LogP contribution in [0.15, 0.2) is 68.6 Å². The Morgan fingerprint density at radius 3 is 1.81 bits per heavy atom. The molecule has 17 heteroatoms. The number of aliphatic imine (C=N–C) groups is 2. The zero-order valence-electron chi connectivity index (χ0n) is 39.3. The molecule has 2 atom stereocenters. The summed E-state index contributed by atoms with van der Waals surface area (Å²) >= 11 is 6.90. The lowest BCUT2D eigenvalue weighted by Gasteiger charge is -2.45. The van der Waals surface area contributed by atoms with E-state index in [2.05, 4.69) is 55.5 Å². The number of ether oxygens (including phenoxy) is 3. The van der Waals surface area contributed by atoms with Crippen LogP contribution in [0.2, 0.25) is 0 Å². The van der Waals surface area contributed by atoms with Gasteiger partial charge in [-0.3, -0.25) is 29.7 Å². The Hall–Kier alpha value is -4.55. The van der Waals surface area contributed by atoms with E-state index in [1.807, 2.05) is 37.6 Å². The van der Waals surface area contributed by atoms with Crippen LogP contribution < -0.4 is 11.1 Å². The second-order valence-corrected chi connectivity index (χ2v) is 22.7. The predicted octanol–water partition coefficient (Wildman–Crippen LogP) is 10.1. The van der Waals surface area contributed by atoms with Crippen LogP contribution in [-0.2, 0) is 47.7 Å². The van der Waals surface area contributed by atoms with Gasteiger partial charge in [0.1, 0.15) is 5.60 Å². The van der Waals surface area contributed by atoms with Gasteiger partial charge in [-0.2, -0.15) is 0 Å². The third-order valence-corrected chi connectivity index (χ3v) is 16.7. The number of rotatable bonds is 3. The quantitative estimate of drug-likeness (QED) is 0.202. The van der Waals surface area contributed by atoms with E-state index in [1.165, 1.54) is 15.4 Å². The van der Waals surface area contributed by atoms with Crippen LogP contribution in [0.25, 0.3) is 10.4 Å². The number of nitrogens with one attached hydrogen (secondary N) is 1. The van der Waals surface area contributed by atoms with Gasteiger partial charge >= 0.3 is 6.09 Å². The normalized spacial score (nSPS) is 27.7. The summed E-state index contributed by atoms with van der Waals surface area (Å²) in [5.41, 5.74) is 8.40. The SMILES string of the molecule is C.C.COC1CCC2(CC1)Cc1ccc(-c3cnc(C)s3)cc1C21N=C(N)N(C)C1=O.COC1CCC2(CC1)Cc1ccc(Br)cc1C21N=C(NC(=O)OC(C)(C)C)N(C)C1=O.Cc1nccs1. The first kappa shape index (κ1) is 52.8. The van der Waals surface area contributed by atoms with Gasteiger partial charge in [0.05, 0.1) is 27.1 Å². The average molecular weight is 1030 g/mol. The lowest BCUT2D eigenvalue weighted by atomic mass is 9.61. The predicted molar refractivity (Wildman–Crippen MR) is 275 cm³/mol. The highest BCUT2D eigenvalue weighted by atomic mass is 79.9. The maximum absolute atomic E-state index is 13.9. The monoisotopic (exact) mass is 1030 g/mol. The van der Waals surface area contributed by atoms with Crippen LogP contribution in [0.5, 0.6) is 0 Å². The molecule has 3 amide bonds. The molecular formula is C51H69BrN8O6S2. The highest BCUT2D eigenvalue weighted by molar-refractivity contribution is 9.10. The third-order valence-electron chi connectivity index (χ3n) is 14.5. The number of aryl methyl sites for hydroxylation is 2. The van der Waals surface area contributed by atoms with Crippen molar-refractivity contribution in [2.75, 3.05) is 28.3 Å². The van der Waals surface area contributed by atoms with Crippen molar-refractivity contribution < 1.29 is 28.6 Å². The molecule has 0 saturated heterocycles. The van der Waals surface area contributed by atoms with E-state index in [1.54, 1.807) is 78.0 Å². The van der Waals surface area contributed by atoms with E-state index in [-0.39, 0.29) is 55.7 Å². The fraction of sp³-hybridized carbons (Fsp3) is 0.549. The molecule has 4 heterocycles. The number of halogens is 1. The summed E-state index contributed by atoms with van der Waals surface area (Å²) in [5, 5.41) is 6.84. The number of amides is 3. The van der Waals surface area contributed by atoms with Crippen LogP contribution in [0.1, 0.15) is 119 Å². The highest BCUT2D eigenvalue weighted by Gasteiger charge is 2.68. The van der Waals surface area contributed by atoms with E-state index in [9.17, 15) is 14.4 Å².